The lowest BCUT2D eigenvalue weighted by Gasteiger charge is -2.26. The monoisotopic (exact) mass is 403 g/mol. The first-order valence-electron chi connectivity index (χ1n) is 9.73. The quantitative estimate of drug-likeness (QED) is 0.804. The van der Waals surface area contributed by atoms with Crippen molar-refractivity contribution in [3.8, 4) is 0 Å². The summed E-state index contributed by atoms with van der Waals surface area (Å²) in [6.45, 7) is 7.67. The van der Waals surface area contributed by atoms with E-state index in [0.717, 1.165) is 35.4 Å². The minimum Gasteiger partial charge on any atom is -0.345 e. The summed E-state index contributed by atoms with van der Waals surface area (Å²) in [5.41, 5.74) is 4.72. The third-order valence-electron chi connectivity index (χ3n) is 5.89. The van der Waals surface area contributed by atoms with Gasteiger partial charge in [-0.25, -0.2) is 13.6 Å². The van der Waals surface area contributed by atoms with Crippen LogP contribution in [0.1, 0.15) is 71.0 Å². The Morgan fingerprint density at radius 1 is 1.07 bits per heavy atom. The molecule has 7 heteroatoms. The van der Waals surface area contributed by atoms with Gasteiger partial charge in [0.2, 0.25) is 10.0 Å². The number of aromatic nitrogens is 1. The summed E-state index contributed by atoms with van der Waals surface area (Å²) < 4.78 is 25.8. The molecule has 3 rings (SSSR count). The number of rotatable bonds is 4. The van der Waals surface area contributed by atoms with Crippen molar-refractivity contribution in [2.75, 3.05) is 5.32 Å². The molecule has 1 aliphatic carbocycles. The number of hydrogen-bond donors (Lipinski definition) is 2. The number of benzene rings is 1. The molecular weight excluding hydrogens is 374 g/mol. The van der Waals surface area contributed by atoms with E-state index < -0.39 is 10.0 Å². The first-order chi connectivity index (χ1) is 13.1. The molecule has 3 N–H and O–H groups in total. The highest BCUT2D eigenvalue weighted by Gasteiger charge is 2.23. The number of primary sulfonamides is 1. The van der Waals surface area contributed by atoms with Crippen LogP contribution in [0.5, 0.6) is 0 Å². The summed E-state index contributed by atoms with van der Waals surface area (Å²) in [4.78, 5) is 13.0. The molecule has 0 unspecified atom stereocenters. The van der Waals surface area contributed by atoms with Crippen molar-refractivity contribution in [3.05, 3.63) is 46.3 Å². The molecule has 0 spiro atoms. The van der Waals surface area contributed by atoms with E-state index >= 15 is 0 Å². The van der Waals surface area contributed by atoms with Gasteiger partial charge in [0.15, 0.2) is 0 Å². The van der Waals surface area contributed by atoms with Gasteiger partial charge in [0, 0.05) is 23.1 Å². The van der Waals surface area contributed by atoms with Gasteiger partial charge in [0.1, 0.15) is 0 Å². The molecule has 1 aromatic heterocycles. The molecule has 0 radical (unpaired) electrons. The Kier molecular flexibility index (Phi) is 5.68. The molecule has 1 saturated carbocycles. The Hall–Kier alpha value is -2.12. The molecule has 28 heavy (non-hydrogen) atoms. The van der Waals surface area contributed by atoms with E-state index in [1.807, 2.05) is 26.8 Å². The molecule has 0 aliphatic heterocycles. The summed E-state index contributed by atoms with van der Waals surface area (Å²) >= 11 is 0. The fourth-order valence-electron chi connectivity index (χ4n) is 4.22. The van der Waals surface area contributed by atoms with Crippen molar-refractivity contribution < 1.29 is 13.2 Å². The number of hydrogen-bond acceptors (Lipinski definition) is 3. The molecule has 1 aromatic carbocycles. The lowest BCUT2D eigenvalue weighted by atomic mass is 9.95. The predicted octanol–water partition coefficient (Wildman–Crippen LogP) is 4.13. The van der Waals surface area contributed by atoms with Gasteiger partial charge in [-0.2, -0.15) is 0 Å². The maximum atomic E-state index is 13.0. The minimum atomic E-state index is -3.85. The zero-order valence-electron chi connectivity index (χ0n) is 17.0. The highest BCUT2D eigenvalue weighted by molar-refractivity contribution is 7.89. The first kappa shape index (κ1) is 20.6. The predicted molar refractivity (Wildman–Crippen MR) is 111 cm³/mol. The number of nitrogens with two attached hydrogens (primary N) is 1. The largest absolute Gasteiger partial charge is 0.345 e. The van der Waals surface area contributed by atoms with Crippen molar-refractivity contribution in [2.45, 2.75) is 70.7 Å². The van der Waals surface area contributed by atoms with Gasteiger partial charge in [-0.3, -0.25) is 4.79 Å². The molecule has 1 amide bonds. The van der Waals surface area contributed by atoms with Gasteiger partial charge in [0.25, 0.3) is 5.91 Å². The van der Waals surface area contributed by atoms with Crippen LogP contribution in [0.25, 0.3) is 0 Å². The summed E-state index contributed by atoms with van der Waals surface area (Å²) in [7, 11) is -3.85. The second kappa shape index (κ2) is 7.72. The van der Waals surface area contributed by atoms with Crippen LogP contribution in [0, 0.1) is 27.7 Å². The van der Waals surface area contributed by atoms with E-state index in [2.05, 4.69) is 9.88 Å². The van der Waals surface area contributed by atoms with Gasteiger partial charge >= 0.3 is 0 Å². The van der Waals surface area contributed by atoms with Gasteiger partial charge < -0.3 is 9.88 Å². The number of nitrogens with one attached hydrogen (secondary N) is 1. The van der Waals surface area contributed by atoms with E-state index in [0.29, 0.717) is 17.3 Å². The standard InChI is InChI=1S/C21H29N3O3S/c1-13-10-18(28(22,26)27)12-20(15(13)3)23-21(25)19-11-14(2)24(16(19)4)17-8-6-5-7-9-17/h10-12,17H,5-9H2,1-4H3,(H,23,25)(H2,22,26,27). The lowest BCUT2D eigenvalue weighted by molar-refractivity contribution is 0.102. The van der Waals surface area contributed by atoms with Crippen LogP contribution in [-0.2, 0) is 10.0 Å². The average Bonchev–Trinajstić information content (AvgIpc) is 2.93. The molecule has 0 atom stereocenters. The highest BCUT2D eigenvalue weighted by atomic mass is 32.2. The Morgan fingerprint density at radius 3 is 2.32 bits per heavy atom. The second-order valence-corrected chi connectivity index (χ2v) is 9.42. The molecule has 1 heterocycles. The summed E-state index contributed by atoms with van der Waals surface area (Å²) in [6, 6.07) is 5.32. The van der Waals surface area contributed by atoms with Gasteiger partial charge in [0.05, 0.1) is 10.5 Å². The number of carbonyl (C=O) groups excluding carboxylic acids is 1. The van der Waals surface area contributed by atoms with E-state index in [4.69, 9.17) is 5.14 Å². The van der Waals surface area contributed by atoms with E-state index in [1.165, 1.54) is 31.4 Å². The fourth-order valence-corrected chi connectivity index (χ4v) is 4.84. The SMILES string of the molecule is Cc1cc(S(N)(=O)=O)cc(NC(=O)c2cc(C)n(C3CCCCC3)c2C)c1C. The minimum absolute atomic E-state index is 0.00132. The highest BCUT2D eigenvalue weighted by Crippen LogP contribution is 2.32. The van der Waals surface area contributed by atoms with Crippen molar-refractivity contribution in [3.63, 3.8) is 0 Å². The molecule has 1 aliphatic rings. The molecule has 0 saturated heterocycles. The van der Waals surface area contributed by atoms with Crippen LogP contribution in [0.2, 0.25) is 0 Å². The molecule has 152 valence electrons. The Labute approximate surface area is 167 Å². The normalized spacial score (nSPS) is 15.6. The summed E-state index contributed by atoms with van der Waals surface area (Å²) in [5, 5.41) is 8.16. The Morgan fingerprint density at radius 2 is 1.71 bits per heavy atom. The van der Waals surface area contributed by atoms with Crippen LogP contribution < -0.4 is 10.5 Å². The number of sulfonamides is 1. The second-order valence-electron chi connectivity index (χ2n) is 7.86. The van der Waals surface area contributed by atoms with E-state index in [9.17, 15) is 13.2 Å². The lowest BCUT2D eigenvalue weighted by Crippen LogP contribution is -2.18. The number of anilines is 1. The van der Waals surface area contributed by atoms with Gasteiger partial charge in [-0.15, -0.1) is 0 Å². The van der Waals surface area contributed by atoms with Crippen molar-refractivity contribution >= 4 is 21.6 Å². The van der Waals surface area contributed by atoms with Crippen molar-refractivity contribution in [2.24, 2.45) is 5.14 Å². The molecular formula is C21H29N3O3S. The van der Waals surface area contributed by atoms with Crippen molar-refractivity contribution in [1.29, 1.82) is 0 Å². The third kappa shape index (κ3) is 4.00. The third-order valence-corrected chi connectivity index (χ3v) is 6.78. The first-order valence-corrected chi connectivity index (χ1v) is 11.3. The average molecular weight is 404 g/mol. The summed E-state index contributed by atoms with van der Waals surface area (Å²) in [5.74, 6) is -0.232. The molecule has 6 nitrogen and oxygen atoms in total. The number of carbonyl (C=O) groups is 1. The van der Waals surface area contributed by atoms with Crippen LogP contribution >= 0.6 is 0 Å². The van der Waals surface area contributed by atoms with E-state index in [1.54, 1.807) is 6.92 Å². The van der Waals surface area contributed by atoms with Gasteiger partial charge in [-0.1, -0.05) is 19.3 Å². The van der Waals surface area contributed by atoms with Crippen molar-refractivity contribution in [1.82, 2.24) is 4.57 Å². The fraction of sp³-hybridized carbons (Fsp3) is 0.476. The molecule has 1 fully saturated rings. The van der Waals surface area contributed by atoms with Crippen LogP contribution in [0.4, 0.5) is 5.69 Å². The van der Waals surface area contributed by atoms with Gasteiger partial charge in [-0.05, 0) is 69.9 Å². The van der Waals surface area contributed by atoms with E-state index in [-0.39, 0.29) is 10.8 Å². The van der Waals surface area contributed by atoms with Crippen LogP contribution in [-0.4, -0.2) is 18.9 Å². The molecule has 0 bridgehead atoms. The van der Waals surface area contributed by atoms with Crippen LogP contribution in [0.3, 0.4) is 0 Å². The zero-order chi connectivity index (χ0) is 20.6. The smallest absolute Gasteiger partial charge is 0.257 e. The zero-order valence-corrected chi connectivity index (χ0v) is 17.8. The maximum Gasteiger partial charge on any atom is 0.257 e. The Balaban J connectivity index is 1.93. The number of nitrogens with zero attached hydrogens (tertiary/aromatic N) is 1. The molecule has 2 aromatic rings. The number of amides is 1. The number of aryl methyl sites for hydroxylation is 2. The topological polar surface area (TPSA) is 94.2 Å². The van der Waals surface area contributed by atoms with Crippen LogP contribution in [0.15, 0.2) is 23.1 Å². The summed E-state index contributed by atoms with van der Waals surface area (Å²) in [6.07, 6.45) is 6.02. The Bertz CT molecular complexity index is 1020. The maximum absolute atomic E-state index is 13.0.